The maximum atomic E-state index is 2.57. The second-order valence-corrected chi connectivity index (χ2v) is 19.4. The number of nitrogens with zero attached hydrogens (tertiary/aromatic N) is 1. The van der Waals surface area contributed by atoms with Gasteiger partial charge in [0.05, 0.1) is 5.69 Å². The molecule has 0 N–H and O–H groups in total. The molecule has 9 aromatic carbocycles. The lowest BCUT2D eigenvalue weighted by Gasteiger charge is -2.35. The predicted octanol–water partition coefficient (Wildman–Crippen LogP) is 18.2. The number of anilines is 3. The smallest absolute Gasteiger partial charge is 0.0540 e. The second-order valence-electron chi connectivity index (χ2n) is 18.4. The first kappa shape index (κ1) is 40.0. The number of thiophene rings is 1. The van der Waals surface area contributed by atoms with Crippen LogP contribution in [-0.4, -0.2) is 0 Å². The van der Waals surface area contributed by atoms with Gasteiger partial charge >= 0.3 is 0 Å². The zero-order valence-corrected chi connectivity index (χ0v) is 38.3. The molecular formula is C64H49NS. The highest BCUT2D eigenvalue weighted by Crippen LogP contribution is 2.55. The molecule has 12 rings (SSSR count). The zero-order valence-electron chi connectivity index (χ0n) is 37.4. The Balaban J connectivity index is 1.10. The van der Waals surface area contributed by atoms with Crippen LogP contribution in [0.25, 0.3) is 70.3 Å². The summed E-state index contributed by atoms with van der Waals surface area (Å²) in [6.45, 7) is 7.13. The predicted molar refractivity (Wildman–Crippen MR) is 283 cm³/mol. The molecule has 0 saturated heterocycles. The summed E-state index contributed by atoms with van der Waals surface area (Å²) in [5.74, 6) is 0.315. The van der Waals surface area contributed by atoms with Crippen LogP contribution in [0.2, 0.25) is 0 Å². The lowest BCUT2D eigenvalue weighted by atomic mass is 9.74. The van der Waals surface area contributed by atoms with Gasteiger partial charge in [-0.3, -0.25) is 0 Å². The molecule has 2 aliphatic rings. The minimum absolute atomic E-state index is 0.0786. The van der Waals surface area contributed by atoms with Crippen molar-refractivity contribution in [1.82, 2.24) is 0 Å². The Hall–Kier alpha value is -7.52. The molecular weight excluding hydrogens is 815 g/mol. The van der Waals surface area contributed by atoms with E-state index in [0.29, 0.717) is 0 Å². The average Bonchev–Trinajstić information content (AvgIpc) is 3.87. The van der Waals surface area contributed by atoms with E-state index >= 15 is 0 Å². The summed E-state index contributed by atoms with van der Waals surface area (Å²) in [5.41, 5.74) is 20.0. The van der Waals surface area contributed by atoms with E-state index in [1.807, 2.05) is 11.3 Å². The fourth-order valence-electron chi connectivity index (χ4n) is 11.2. The van der Waals surface area contributed by atoms with Gasteiger partial charge in [0.15, 0.2) is 0 Å². The van der Waals surface area contributed by atoms with Gasteiger partial charge in [-0.05, 0) is 103 Å². The lowest BCUT2D eigenvalue weighted by Crippen LogP contribution is -2.19. The third kappa shape index (κ3) is 6.50. The molecule has 2 heteroatoms. The number of benzene rings is 9. The number of hydrogen-bond donors (Lipinski definition) is 0. The van der Waals surface area contributed by atoms with Crippen molar-refractivity contribution in [2.24, 2.45) is 5.92 Å². The fraction of sp³-hybridized carbons (Fsp3) is 0.0938. The minimum Gasteiger partial charge on any atom is -0.310 e. The third-order valence-corrected chi connectivity index (χ3v) is 15.5. The summed E-state index contributed by atoms with van der Waals surface area (Å²) in [7, 11) is 0. The summed E-state index contributed by atoms with van der Waals surface area (Å²) in [6, 6.07) is 78.9. The minimum atomic E-state index is -0.117. The van der Waals surface area contributed by atoms with Crippen LogP contribution in [0.5, 0.6) is 0 Å². The molecule has 2 aliphatic carbocycles. The Kier molecular flexibility index (Phi) is 9.81. The lowest BCUT2D eigenvalue weighted by molar-refractivity contribution is 0.650. The first-order chi connectivity index (χ1) is 32.5. The molecule has 1 nitrogen and oxygen atoms in total. The van der Waals surface area contributed by atoms with Crippen LogP contribution in [0.4, 0.5) is 17.1 Å². The Morgan fingerprint density at radius 1 is 0.470 bits per heavy atom. The molecule has 0 radical (unpaired) electrons. The van der Waals surface area contributed by atoms with Crippen molar-refractivity contribution < 1.29 is 0 Å². The Morgan fingerprint density at radius 3 is 1.94 bits per heavy atom. The van der Waals surface area contributed by atoms with Crippen molar-refractivity contribution >= 4 is 54.1 Å². The van der Waals surface area contributed by atoms with Crippen LogP contribution in [0.15, 0.2) is 231 Å². The molecule has 0 fully saturated rings. The van der Waals surface area contributed by atoms with Crippen LogP contribution in [0, 0.1) is 5.92 Å². The fourth-order valence-corrected chi connectivity index (χ4v) is 12.4. The highest BCUT2D eigenvalue weighted by Gasteiger charge is 2.37. The molecule has 316 valence electrons. The van der Waals surface area contributed by atoms with Gasteiger partial charge in [-0.1, -0.05) is 221 Å². The maximum absolute atomic E-state index is 2.57. The number of hydrogen-bond acceptors (Lipinski definition) is 2. The molecule has 1 aromatic heterocycles. The van der Waals surface area contributed by atoms with Crippen LogP contribution in [0.1, 0.15) is 48.9 Å². The van der Waals surface area contributed by atoms with Crippen molar-refractivity contribution in [3.05, 3.63) is 253 Å². The van der Waals surface area contributed by atoms with Crippen molar-refractivity contribution in [2.75, 3.05) is 4.90 Å². The van der Waals surface area contributed by atoms with Gasteiger partial charge in [0, 0.05) is 48.4 Å². The van der Waals surface area contributed by atoms with Gasteiger partial charge in [-0.2, -0.15) is 0 Å². The van der Waals surface area contributed by atoms with E-state index in [9.17, 15) is 0 Å². The largest absolute Gasteiger partial charge is 0.310 e. The van der Waals surface area contributed by atoms with Crippen LogP contribution in [0.3, 0.4) is 0 Å². The molecule has 0 spiro atoms. The van der Waals surface area contributed by atoms with Crippen LogP contribution < -0.4 is 4.90 Å². The van der Waals surface area contributed by atoms with Crippen molar-refractivity contribution in [2.45, 2.75) is 32.1 Å². The normalized spacial score (nSPS) is 16.0. The Bertz CT molecular complexity index is 3550. The standard InChI is InChI=1S/C64H49NS/c1-42-21-17-33-51(48-27-8-7-26-46(48)43-22-5-4-6-23-43)61(42)55-31-11-15-39-59(55)65(45-25-18-24-44(41-45)47-32-19-35-53-50-29-12-16-40-60(50)66-63(47)53)58-38-14-10-28-49(58)52-34-20-37-57-62(52)54-30-9-13-36-56(54)64(57,2)3/h4-42,61H,1-3H3. The highest BCUT2D eigenvalue weighted by atomic mass is 32.1. The van der Waals surface area contributed by atoms with E-state index in [0.717, 1.165) is 11.4 Å². The summed E-state index contributed by atoms with van der Waals surface area (Å²) in [5, 5.41) is 2.62. The van der Waals surface area contributed by atoms with E-state index < -0.39 is 0 Å². The van der Waals surface area contributed by atoms with E-state index in [-0.39, 0.29) is 17.3 Å². The van der Waals surface area contributed by atoms with Gasteiger partial charge in [-0.15, -0.1) is 11.3 Å². The summed E-state index contributed by atoms with van der Waals surface area (Å²) in [6.07, 6.45) is 7.01. The van der Waals surface area contributed by atoms with Crippen molar-refractivity contribution in [3.63, 3.8) is 0 Å². The van der Waals surface area contributed by atoms with Crippen molar-refractivity contribution in [3.8, 4) is 44.5 Å². The Labute approximate surface area is 392 Å². The van der Waals surface area contributed by atoms with E-state index in [4.69, 9.17) is 0 Å². The first-order valence-corrected chi connectivity index (χ1v) is 24.0. The number of para-hydroxylation sites is 2. The summed E-state index contributed by atoms with van der Waals surface area (Å²) >= 11 is 1.89. The molecule has 1 heterocycles. The van der Waals surface area contributed by atoms with Gasteiger partial charge in [0.25, 0.3) is 0 Å². The molecule has 2 atom stereocenters. The molecule has 10 aromatic rings. The number of rotatable bonds is 8. The second kappa shape index (κ2) is 16.2. The molecule has 0 aliphatic heterocycles. The number of allylic oxidation sites excluding steroid dienone is 4. The van der Waals surface area contributed by atoms with Crippen molar-refractivity contribution in [1.29, 1.82) is 0 Å². The molecule has 2 unspecified atom stereocenters. The SMILES string of the molecule is CC1C=CC=C(c2ccccc2-c2ccccc2)C1c1ccccc1N(c1cccc(-c2cccc3c2sc2ccccc23)c1)c1ccccc1-c1cccc2c1-c1ccccc1C2(C)C. The first-order valence-electron chi connectivity index (χ1n) is 23.2. The van der Waals surface area contributed by atoms with Gasteiger partial charge in [-0.25, -0.2) is 0 Å². The summed E-state index contributed by atoms with van der Waals surface area (Å²) in [4.78, 5) is 2.57. The quantitative estimate of drug-likeness (QED) is 0.147. The molecule has 66 heavy (non-hydrogen) atoms. The number of fused-ring (bicyclic) bond motifs is 6. The maximum Gasteiger partial charge on any atom is 0.0540 e. The van der Waals surface area contributed by atoms with E-state index in [2.05, 4.69) is 256 Å². The molecule has 0 bridgehead atoms. The zero-order chi connectivity index (χ0) is 44.4. The highest BCUT2D eigenvalue weighted by molar-refractivity contribution is 7.26. The Morgan fingerprint density at radius 2 is 1.08 bits per heavy atom. The molecule has 0 amide bonds. The third-order valence-electron chi connectivity index (χ3n) is 14.2. The average molecular weight is 864 g/mol. The van der Waals surface area contributed by atoms with Crippen LogP contribution in [-0.2, 0) is 5.41 Å². The molecule has 0 saturated carbocycles. The topological polar surface area (TPSA) is 3.24 Å². The van der Waals surface area contributed by atoms with Crippen LogP contribution >= 0.6 is 11.3 Å². The van der Waals surface area contributed by atoms with E-state index in [1.165, 1.54) is 98.2 Å². The van der Waals surface area contributed by atoms with Gasteiger partial charge in [0.1, 0.15) is 0 Å². The van der Waals surface area contributed by atoms with Gasteiger partial charge < -0.3 is 4.90 Å². The van der Waals surface area contributed by atoms with E-state index in [1.54, 1.807) is 0 Å². The summed E-state index contributed by atoms with van der Waals surface area (Å²) < 4.78 is 2.63. The van der Waals surface area contributed by atoms with Gasteiger partial charge in [0.2, 0.25) is 0 Å². The monoisotopic (exact) mass is 863 g/mol.